The third kappa shape index (κ3) is 3.81. The van der Waals surface area contributed by atoms with Gasteiger partial charge in [-0.25, -0.2) is 14.5 Å². The number of hydrogen-bond acceptors (Lipinski definition) is 7. The summed E-state index contributed by atoms with van der Waals surface area (Å²) < 4.78 is 6.55. The van der Waals surface area contributed by atoms with Crippen LogP contribution in [0.2, 0.25) is 0 Å². The first-order chi connectivity index (χ1) is 14.0. The Hall–Kier alpha value is -3.72. The summed E-state index contributed by atoms with van der Waals surface area (Å²) in [6.45, 7) is 1.92. The molecule has 3 heterocycles. The van der Waals surface area contributed by atoms with E-state index in [1.807, 2.05) is 19.1 Å². The molecule has 0 saturated carbocycles. The second-order valence-electron chi connectivity index (χ2n) is 6.10. The average molecular weight is 406 g/mol. The maximum atomic E-state index is 13.1. The van der Waals surface area contributed by atoms with Gasteiger partial charge in [0.05, 0.1) is 17.0 Å². The molecule has 4 rings (SSSR count). The van der Waals surface area contributed by atoms with Crippen LogP contribution in [0.4, 0.5) is 5.88 Å². The molecule has 1 aromatic carbocycles. The monoisotopic (exact) mass is 406 g/mol. The summed E-state index contributed by atoms with van der Waals surface area (Å²) in [6, 6.07) is 13.5. The zero-order valence-electron chi connectivity index (χ0n) is 15.2. The van der Waals surface area contributed by atoms with Crippen LogP contribution >= 0.6 is 11.8 Å². The minimum atomic E-state index is -0.601. The Balaban J connectivity index is 1.76. The summed E-state index contributed by atoms with van der Waals surface area (Å²) in [5.41, 5.74) is 1.32. The predicted molar refractivity (Wildman–Crippen MR) is 110 cm³/mol. The first kappa shape index (κ1) is 18.6. The van der Waals surface area contributed by atoms with Crippen LogP contribution in [0, 0.1) is 17.0 Å². The van der Waals surface area contributed by atoms with Crippen LogP contribution in [0.5, 0.6) is 0 Å². The zero-order chi connectivity index (χ0) is 20.4. The van der Waals surface area contributed by atoms with Crippen molar-refractivity contribution in [1.82, 2.24) is 14.5 Å². The molecule has 0 fully saturated rings. The third-order valence-corrected chi connectivity index (χ3v) is 4.82. The minimum Gasteiger partial charge on any atom is -0.401 e. The summed E-state index contributed by atoms with van der Waals surface area (Å²) in [5, 5.41) is 13.3. The van der Waals surface area contributed by atoms with Crippen molar-refractivity contribution in [3.05, 3.63) is 91.9 Å². The van der Waals surface area contributed by atoms with Gasteiger partial charge in [-0.05, 0) is 48.2 Å². The number of aromatic nitrogens is 3. The van der Waals surface area contributed by atoms with Crippen molar-refractivity contribution in [2.75, 3.05) is 0 Å². The number of rotatable bonds is 5. The lowest BCUT2D eigenvalue weighted by Crippen LogP contribution is -2.22. The molecule has 0 spiro atoms. The zero-order valence-corrected chi connectivity index (χ0v) is 16.0. The molecule has 0 aliphatic heterocycles. The van der Waals surface area contributed by atoms with E-state index in [1.165, 1.54) is 28.5 Å². The van der Waals surface area contributed by atoms with Gasteiger partial charge in [-0.2, -0.15) is 0 Å². The Morgan fingerprint density at radius 3 is 2.72 bits per heavy atom. The Labute approximate surface area is 168 Å². The molecule has 8 nitrogen and oxygen atoms in total. The molecule has 0 radical (unpaired) electrons. The fourth-order valence-electron chi connectivity index (χ4n) is 2.68. The smallest absolute Gasteiger partial charge is 0.401 e. The van der Waals surface area contributed by atoms with Crippen molar-refractivity contribution in [2.24, 2.45) is 0 Å². The second kappa shape index (κ2) is 7.72. The Bertz CT molecular complexity index is 1290. The van der Waals surface area contributed by atoms with Gasteiger partial charge in [-0.3, -0.25) is 14.9 Å². The van der Waals surface area contributed by atoms with Gasteiger partial charge in [0.1, 0.15) is 16.5 Å². The van der Waals surface area contributed by atoms with E-state index in [0.717, 1.165) is 5.56 Å². The highest BCUT2D eigenvalue weighted by Gasteiger charge is 2.14. The molecule has 29 heavy (non-hydrogen) atoms. The van der Waals surface area contributed by atoms with E-state index in [0.29, 0.717) is 27.6 Å². The largest absolute Gasteiger partial charge is 0.433 e. The normalized spacial score (nSPS) is 11.3. The lowest BCUT2D eigenvalue weighted by molar-refractivity contribution is -0.402. The molecular weight excluding hydrogens is 392 g/mol. The van der Waals surface area contributed by atoms with E-state index in [4.69, 9.17) is 4.42 Å². The van der Waals surface area contributed by atoms with Crippen molar-refractivity contribution in [3.63, 3.8) is 0 Å². The van der Waals surface area contributed by atoms with Crippen LogP contribution in [0.1, 0.15) is 11.3 Å². The van der Waals surface area contributed by atoms with Crippen molar-refractivity contribution in [1.29, 1.82) is 0 Å². The van der Waals surface area contributed by atoms with Crippen LogP contribution in [-0.4, -0.2) is 19.5 Å². The van der Waals surface area contributed by atoms with E-state index in [-0.39, 0.29) is 11.4 Å². The highest BCUT2D eigenvalue weighted by molar-refractivity contribution is 8.02. The van der Waals surface area contributed by atoms with E-state index < -0.39 is 4.92 Å². The van der Waals surface area contributed by atoms with E-state index in [1.54, 1.807) is 41.9 Å². The Morgan fingerprint density at radius 2 is 2.00 bits per heavy atom. The molecule has 0 unspecified atom stereocenters. The van der Waals surface area contributed by atoms with Crippen LogP contribution in [0.25, 0.3) is 22.8 Å². The number of aryl methyl sites for hydroxylation is 1. The molecule has 0 bridgehead atoms. The molecule has 144 valence electrons. The van der Waals surface area contributed by atoms with Gasteiger partial charge in [0.25, 0.3) is 5.56 Å². The molecule has 9 heteroatoms. The minimum absolute atomic E-state index is 0.225. The molecule has 0 atom stereocenters. The molecule has 0 amide bonds. The van der Waals surface area contributed by atoms with Crippen molar-refractivity contribution < 1.29 is 9.34 Å². The maximum absolute atomic E-state index is 13.1. The standard InChI is InChI=1S/C20H14N4O4S/c1-13-6-8-17(21-12-13)23-19(25)15-4-2-3-5-16(15)22-20(23)29-11-10-14-7-9-18(28-14)24(26)27/h2-12H,1H3/b11-10+. The molecule has 0 aliphatic carbocycles. The van der Waals surface area contributed by atoms with E-state index in [9.17, 15) is 14.9 Å². The topological polar surface area (TPSA) is 104 Å². The lowest BCUT2D eigenvalue weighted by Gasteiger charge is -2.11. The van der Waals surface area contributed by atoms with Gasteiger partial charge in [0.15, 0.2) is 5.16 Å². The predicted octanol–water partition coefficient (Wildman–Crippen LogP) is 4.35. The highest BCUT2D eigenvalue weighted by Crippen LogP contribution is 2.24. The Morgan fingerprint density at radius 1 is 1.17 bits per heavy atom. The number of pyridine rings is 1. The van der Waals surface area contributed by atoms with Gasteiger partial charge < -0.3 is 4.42 Å². The maximum Gasteiger partial charge on any atom is 0.433 e. The third-order valence-electron chi connectivity index (χ3n) is 4.07. The first-order valence-electron chi connectivity index (χ1n) is 8.55. The molecular formula is C20H14N4O4S. The molecule has 0 saturated heterocycles. The summed E-state index contributed by atoms with van der Waals surface area (Å²) in [5.74, 6) is 0.454. The molecule has 3 aromatic heterocycles. The molecule has 4 aromatic rings. The number of nitrogens with zero attached hydrogens (tertiary/aromatic N) is 4. The van der Waals surface area contributed by atoms with Crippen LogP contribution in [-0.2, 0) is 0 Å². The van der Waals surface area contributed by atoms with Crippen molar-refractivity contribution >= 4 is 34.6 Å². The van der Waals surface area contributed by atoms with Crippen molar-refractivity contribution in [3.8, 4) is 5.82 Å². The SMILES string of the molecule is Cc1ccc(-n2c(S/C=C/c3ccc([N+](=O)[O-])o3)nc3ccccc3c2=O)nc1. The van der Waals surface area contributed by atoms with Gasteiger partial charge in [-0.15, -0.1) is 0 Å². The lowest BCUT2D eigenvalue weighted by atomic mass is 10.2. The fourth-order valence-corrected chi connectivity index (χ4v) is 3.43. The van der Waals surface area contributed by atoms with Crippen LogP contribution in [0.15, 0.2) is 74.5 Å². The second-order valence-corrected chi connectivity index (χ2v) is 6.97. The highest BCUT2D eigenvalue weighted by atomic mass is 32.2. The van der Waals surface area contributed by atoms with Gasteiger partial charge in [0, 0.05) is 6.20 Å². The van der Waals surface area contributed by atoms with Crippen LogP contribution < -0.4 is 5.56 Å². The van der Waals surface area contributed by atoms with E-state index >= 15 is 0 Å². The summed E-state index contributed by atoms with van der Waals surface area (Å²) >= 11 is 1.19. The van der Waals surface area contributed by atoms with Gasteiger partial charge in [-0.1, -0.05) is 30.0 Å². The molecule has 0 aliphatic rings. The van der Waals surface area contributed by atoms with Gasteiger partial charge in [0.2, 0.25) is 0 Å². The summed E-state index contributed by atoms with van der Waals surface area (Å²) in [6.07, 6.45) is 3.26. The summed E-state index contributed by atoms with van der Waals surface area (Å²) in [4.78, 5) is 32.2. The number of hydrogen-bond donors (Lipinski definition) is 0. The number of furan rings is 1. The number of thioether (sulfide) groups is 1. The molecule has 0 N–H and O–H groups in total. The number of para-hydroxylation sites is 1. The Kier molecular flexibility index (Phi) is 4.96. The fraction of sp³-hybridized carbons (Fsp3) is 0.0500. The number of benzene rings is 1. The first-order valence-corrected chi connectivity index (χ1v) is 9.43. The quantitative estimate of drug-likeness (QED) is 0.210. The number of nitro groups is 1. The van der Waals surface area contributed by atoms with Crippen LogP contribution in [0.3, 0.4) is 0 Å². The summed E-state index contributed by atoms with van der Waals surface area (Å²) in [7, 11) is 0. The van der Waals surface area contributed by atoms with E-state index in [2.05, 4.69) is 9.97 Å². The van der Waals surface area contributed by atoms with Crippen molar-refractivity contribution in [2.45, 2.75) is 12.1 Å². The number of fused-ring (bicyclic) bond motifs is 1. The average Bonchev–Trinajstić information content (AvgIpc) is 3.19. The van der Waals surface area contributed by atoms with Gasteiger partial charge >= 0.3 is 5.88 Å².